The van der Waals surface area contributed by atoms with E-state index in [0.29, 0.717) is 17.0 Å². The molecule has 2 aromatic rings. The Bertz CT molecular complexity index is 818. The molecule has 0 heterocycles. The summed E-state index contributed by atoms with van der Waals surface area (Å²) < 4.78 is 6.42. The van der Waals surface area contributed by atoms with Crippen LogP contribution in [0.2, 0.25) is 0 Å². The van der Waals surface area contributed by atoms with Crippen molar-refractivity contribution in [1.29, 1.82) is 5.26 Å². The molecule has 24 heavy (non-hydrogen) atoms. The molecule has 5 nitrogen and oxygen atoms in total. The maximum absolute atomic E-state index is 11.9. The quantitative estimate of drug-likeness (QED) is 0.763. The number of para-hydroxylation sites is 1. The highest BCUT2D eigenvalue weighted by Gasteiger charge is 2.09. The summed E-state index contributed by atoms with van der Waals surface area (Å²) in [5.41, 5.74) is 1.90. The topological polar surface area (TPSA) is 74.2 Å². The Kier molecular flexibility index (Phi) is 6.29. The predicted octanol–water partition coefficient (Wildman–Crippen LogP) is 3.52. The number of nitrogens with zero attached hydrogens (tertiary/aromatic N) is 1. The van der Waals surface area contributed by atoms with Crippen molar-refractivity contribution in [3.8, 4) is 11.8 Å². The maximum atomic E-state index is 11.9. The number of hydrogen-bond acceptors (Lipinski definition) is 4. The summed E-state index contributed by atoms with van der Waals surface area (Å²) in [6, 6.07) is 14.5. The summed E-state index contributed by atoms with van der Waals surface area (Å²) >= 11 is 8.45. The fourth-order valence-electron chi connectivity index (χ4n) is 1.92. The first kappa shape index (κ1) is 17.9. The third kappa shape index (κ3) is 5.05. The Hall–Kier alpha value is -2.43. The molecule has 0 saturated carbocycles. The zero-order valence-electron chi connectivity index (χ0n) is 12.8. The smallest absolute Gasteiger partial charge is 0.264 e. The highest BCUT2D eigenvalue weighted by atomic mass is 79.9. The van der Waals surface area contributed by atoms with Gasteiger partial charge in [-0.25, -0.2) is 0 Å². The van der Waals surface area contributed by atoms with Gasteiger partial charge in [-0.1, -0.05) is 28.1 Å². The first-order valence-corrected chi connectivity index (χ1v) is 8.18. The van der Waals surface area contributed by atoms with Crippen LogP contribution in [0.5, 0.6) is 5.75 Å². The van der Waals surface area contributed by atoms with Crippen LogP contribution < -0.4 is 15.4 Å². The number of nitrogens with one attached hydrogen (secondary N) is 2. The zero-order valence-corrected chi connectivity index (χ0v) is 15.2. The van der Waals surface area contributed by atoms with E-state index < -0.39 is 0 Å². The van der Waals surface area contributed by atoms with Gasteiger partial charge >= 0.3 is 0 Å². The third-order valence-corrected chi connectivity index (χ3v) is 3.74. The number of rotatable bonds is 4. The van der Waals surface area contributed by atoms with Crippen molar-refractivity contribution in [2.24, 2.45) is 0 Å². The second-order valence-electron chi connectivity index (χ2n) is 4.86. The molecule has 0 aliphatic heterocycles. The van der Waals surface area contributed by atoms with Crippen LogP contribution in [0.15, 0.2) is 46.9 Å². The molecular formula is C17H14BrN3O2S. The molecule has 0 unspecified atom stereocenters. The van der Waals surface area contributed by atoms with Gasteiger partial charge in [-0.05, 0) is 55.0 Å². The lowest BCUT2D eigenvalue weighted by molar-refractivity contribution is -0.121. The van der Waals surface area contributed by atoms with Crippen molar-refractivity contribution in [3.05, 3.63) is 58.1 Å². The molecular weight excluding hydrogens is 390 g/mol. The van der Waals surface area contributed by atoms with Gasteiger partial charge in [0, 0.05) is 4.47 Å². The molecule has 2 N–H and O–H groups in total. The van der Waals surface area contributed by atoms with E-state index in [-0.39, 0.29) is 17.6 Å². The standard InChI is InChI=1S/C17H14BrN3O2S/c1-11-8-13(18)6-7-15(11)23-10-16(22)21-17(24)20-14-5-3-2-4-12(14)9-19/h2-8H,10H2,1H3,(H2,20,21,22,24). The van der Waals surface area contributed by atoms with Gasteiger partial charge in [0.2, 0.25) is 0 Å². The summed E-state index contributed by atoms with van der Waals surface area (Å²) in [7, 11) is 0. The summed E-state index contributed by atoms with van der Waals surface area (Å²) in [5, 5.41) is 14.5. The number of carbonyl (C=O) groups excluding carboxylic acids is 1. The minimum atomic E-state index is -0.385. The normalized spacial score (nSPS) is 9.71. The number of aryl methyl sites for hydroxylation is 1. The van der Waals surface area contributed by atoms with E-state index in [1.54, 1.807) is 30.3 Å². The lowest BCUT2D eigenvalue weighted by atomic mass is 10.2. The largest absolute Gasteiger partial charge is 0.483 e. The van der Waals surface area contributed by atoms with E-state index in [2.05, 4.69) is 26.6 Å². The number of benzene rings is 2. The minimum absolute atomic E-state index is 0.110. The van der Waals surface area contributed by atoms with E-state index >= 15 is 0 Å². The van der Waals surface area contributed by atoms with Crippen molar-refractivity contribution in [2.75, 3.05) is 11.9 Å². The van der Waals surface area contributed by atoms with Gasteiger partial charge in [0.1, 0.15) is 11.8 Å². The van der Waals surface area contributed by atoms with Gasteiger partial charge in [0.05, 0.1) is 11.3 Å². The van der Waals surface area contributed by atoms with Gasteiger partial charge in [-0.15, -0.1) is 0 Å². The fraction of sp³-hybridized carbons (Fsp3) is 0.118. The summed E-state index contributed by atoms with van der Waals surface area (Å²) in [5.74, 6) is 0.242. The predicted molar refractivity (Wildman–Crippen MR) is 99.9 cm³/mol. The third-order valence-electron chi connectivity index (χ3n) is 3.04. The molecule has 0 aliphatic rings. The molecule has 0 atom stereocenters. The van der Waals surface area contributed by atoms with Crippen LogP contribution in [-0.4, -0.2) is 17.6 Å². The van der Waals surface area contributed by atoms with E-state index in [0.717, 1.165) is 10.0 Å². The number of anilines is 1. The lowest BCUT2D eigenvalue weighted by Crippen LogP contribution is -2.37. The molecule has 0 fully saturated rings. The number of nitriles is 1. The van der Waals surface area contributed by atoms with Crippen molar-refractivity contribution in [2.45, 2.75) is 6.92 Å². The molecule has 0 bridgehead atoms. The molecule has 0 aliphatic carbocycles. The first-order chi connectivity index (χ1) is 11.5. The van der Waals surface area contributed by atoms with Crippen LogP contribution in [0.4, 0.5) is 5.69 Å². The van der Waals surface area contributed by atoms with E-state index in [1.165, 1.54) is 0 Å². The van der Waals surface area contributed by atoms with Gasteiger partial charge in [0.25, 0.3) is 5.91 Å². The van der Waals surface area contributed by atoms with Gasteiger partial charge in [0.15, 0.2) is 11.7 Å². The number of amides is 1. The average Bonchev–Trinajstić information content (AvgIpc) is 2.54. The number of carbonyl (C=O) groups is 1. The molecule has 7 heteroatoms. The van der Waals surface area contributed by atoms with Crippen molar-refractivity contribution < 1.29 is 9.53 Å². The van der Waals surface area contributed by atoms with Crippen molar-refractivity contribution in [3.63, 3.8) is 0 Å². The molecule has 0 radical (unpaired) electrons. The van der Waals surface area contributed by atoms with Crippen molar-refractivity contribution >= 4 is 44.9 Å². The highest BCUT2D eigenvalue weighted by Crippen LogP contribution is 2.22. The second kappa shape index (κ2) is 8.43. The summed E-state index contributed by atoms with van der Waals surface area (Å²) in [6.07, 6.45) is 0. The molecule has 0 saturated heterocycles. The van der Waals surface area contributed by atoms with Gasteiger partial charge < -0.3 is 10.1 Å². The Morgan fingerprint density at radius 1 is 1.33 bits per heavy atom. The van der Waals surface area contributed by atoms with E-state index in [4.69, 9.17) is 22.2 Å². The number of thiocarbonyl (C=S) groups is 1. The Morgan fingerprint density at radius 2 is 2.08 bits per heavy atom. The maximum Gasteiger partial charge on any atom is 0.264 e. The lowest BCUT2D eigenvalue weighted by Gasteiger charge is -2.12. The van der Waals surface area contributed by atoms with Crippen LogP contribution in [0.1, 0.15) is 11.1 Å². The summed E-state index contributed by atoms with van der Waals surface area (Å²) in [6.45, 7) is 1.73. The van der Waals surface area contributed by atoms with Gasteiger partial charge in [-0.2, -0.15) is 5.26 Å². The zero-order chi connectivity index (χ0) is 17.5. The Labute approximate surface area is 153 Å². The molecule has 122 valence electrons. The molecule has 2 aromatic carbocycles. The fourth-order valence-corrected chi connectivity index (χ4v) is 2.62. The van der Waals surface area contributed by atoms with Crippen LogP contribution >= 0.6 is 28.1 Å². The number of hydrogen-bond donors (Lipinski definition) is 2. The van der Waals surface area contributed by atoms with E-state index in [9.17, 15) is 4.79 Å². The molecule has 2 rings (SSSR count). The molecule has 0 spiro atoms. The SMILES string of the molecule is Cc1cc(Br)ccc1OCC(=O)NC(=S)Nc1ccccc1C#N. The van der Waals surface area contributed by atoms with Gasteiger partial charge in [-0.3, -0.25) is 10.1 Å². The minimum Gasteiger partial charge on any atom is -0.483 e. The van der Waals surface area contributed by atoms with E-state index in [1.807, 2.05) is 25.1 Å². The first-order valence-electron chi connectivity index (χ1n) is 6.98. The monoisotopic (exact) mass is 403 g/mol. The second-order valence-corrected chi connectivity index (χ2v) is 6.18. The van der Waals surface area contributed by atoms with Crippen LogP contribution in [-0.2, 0) is 4.79 Å². The Morgan fingerprint density at radius 3 is 2.79 bits per heavy atom. The number of ether oxygens (including phenoxy) is 1. The molecule has 1 amide bonds. The summed E-state index contributed by atoms with van der Waals surface area (Å²) in [4.78, 5) is 11.9. The number of halogens is 1. The highest BCUT2D eigenvalue weighted by molar-refractivity contribution is 9.10. The van der Waals surface area contributed by atoms with Crippen LogP contribution in [0.25, 0.3) is 0 Å². The van der Waals surface area contributed by atoms with Crippen LogP contribution in [0, 0.1) is 18.3 Å². The molecule has 0 aromatic heterocycles. The van der Waals surface area contributed by atoms with Crippen molar-refractivity contribution in [1.82, 2.24) is 5.32 Å². The van der Waals surface area contributed by atoms with Crippen LogP contribution in [0.3, 0.4) is 0 Å². The average molecular weight is 404 g/mol. The Balaban J connectivity index is 1.88.